The Morgan fingerprint density at radius 3 is 3.00 bits per heavy atom. The van der Waals surface area contributed by atoms with Crippen molar-refractivity contribution >= 4 is 5.91 Å². The number of rotatable bonds is 3. The summed E-state index contributed by atoms with van der Waals surface area (Å²) in [4.78, 5) is 28.7. The molecule has 1 saturated heterocycles. The summed E-state index contributed by atoms with van der Waals surface area (Å²) in [6.45, 7) is 3.26. The largest absolute Gasteiger partial charge is 0.464 e. The van der Waals surface area contributed by atoms with Crippen molar-refractivity contribution in [3.63, 3.8) is 0 Å². The summed E-state index contributed by atoms with van der Waals surface area (Å²) >= 11 is 0. The van der Waals surface area contributed by atoms with Gasteiger partial charge < -0.3 is 19.0 Å². The van der Waals surface area contributed by atoms with E-state index in [4.69, 9.17) is 9.15 Å². The van der Waals surface area contributed by atoms with E-state index in [9.17, 15) is 9.59 Å². The number of hydrogen-bond donors (Lipinski definition) is 1. The van der Waals surface area contributed by atoms with Crippen molar-refractivity contribution in [1.82, 2.24) is 9.88 Å². The van der Waals surface area contributed by atoms with Gasteiger partial charge in [-0.1, -0.05) is 6.92 Å². The number of furan rings is 1. The van der Waals surface area contributed by atoms with Crippen molar-refractivity contribution < 1.29 is 13.9 Å². The van der Waals surface area contributed by atoms with Crippen LogP contribution in [0, 0.1) is 0 Å². The number of carbonyl (C=O) groups excluding carboxylic acids is 1. The molecule has 1 fully saturated rings. The minimum Gasteiger partial charge on any atom is -0.464 e. The number of aromatic amines is 1. The lowest BCUT2D eigenvalue weighted by atomic mass is 10.1. The van der Waals surface area contributed by atoms with Crippen LogP contribution in [0.15, 0.2) is 39.7 Å². The average molecular weight is 302 g/mol. The fraction of sp³-hybridized carbons (Fsp3) is 0.375. The number of H-pyrrole nitrogens is 1. The van der Waals surface area contributed by atoms with Crippen molar-refractivity contribution in [2.24, 2.45) is 0 Å². The molecule has 0 radical (unpaired) electrons. The SMILES string of the molecule is CCc1ccc(C2COCCN2C(=O)c2ccc[nH]c2=O)o1. The molecule has 1 amide bonds. The molecule has 0 spiro atoms. The molecule has 1 aliphatic heterocycles. The highest BCUT2D eigenvalue weighted by Gasteiger charge is 2.32. The molecule has 1 atom stereocenters. The van der Waals surface area contributed by atoms with Gasteiger partial charge in [-0.25, -0.2) is 0 Å². The van der Waals surface area contributed by atoms with Gasteiger partial charge in [0.2, 0.25) is 0 Å². The normalized spacial score (nSPS) is 18.4. The van der Waals surface area contributed by atoms with Crippen LogP contribution in [0.2, 0.25) is 0 Å². The predicted octanol–water partition coefficient (Wildman–Crippen LogP) is 1.74. The van der Waals surface area contributed by atoms with Crippen molar-refractivity contribution in [2.45, 2.75) is 19.4 Å². The fourth-order valence-electron chi connectivity index (χ4n) is 2.59. The molecular weight excluding hydrogens is 284 g/mol. The number of pyridine rings is 1. The van der Waals surface area contributed by atoms with Crippen molar-refractivity contribution in [3.05, 3.63) is 57.9 Å². The van der Waals surface area contributed by atoms with Gasteiger partial charge in [-0.3, -0.25) is 9.59 Å². The Morgan fingerprint density at radius 1 is 1.41 bits per heavy atom. The molecule has 6 nitrogen and oxygen atoms in total. The molecule has 116 valence electrons. The van der Waals surface area contributed by atoms with Gasteiger partial charge in [-0.05, 0) is 24.3 Å². The van der Waals surface area contributed by atoms with Crippen LogP contribution in [0.4, 0.5) is 0 Å². The summed E-state index contributed by atoms with van der Waals surface area (Å²) in [5.41, 5.74) is -0.247. The molecule has 1 unspecified atom stereocenters. The van der Waals surface area contributed by atoms with Crippen molar-refractivity contribution in [1.29, 1.82) is 0 Å². The van der Waals surface area contributed by atoms with Gasteiger partial charge in [0.15, 0.2) is 0 Å². The maximum atomic E-state index is 12.7. The van der Waals surface area contributed by atoms with Crippen LogP contribution in [0.3, 0.4) is 0 Å². The van der Waals surface area contributed by atoms with Crippen molar-refractivity contribution in [3.8, 4) is 0 Å². The number of nitrogens with one attached hydrogen (secondary N) is 1. The van der Waals surface area contributed by atoms with Gasteiger partial charge in [0.05, 0.1) is 13.2 Å². The molecule has 0 aromatic carbocycles. The zero-order valence-corrected chi connectivity index (χ0v) is 12.4. The van der Waals surface area contributed by atoms with Gasteiger partial charge in [0.1, 0.15) is 23.1 Å². The lowest BCUT2D eigenvalue weighted by Gasteiger charge is -2.34. The van der Waals surface area contributed by atoms with E-state index in [1.165, 1.54) is 12.3 Å². The molecule has 3 rings (SSSR count). The van der Waals surface area contributed by atoms with Gasteiger partial charge in [0, 0.05) is 19.2 Å². The molecule has 2 aromatic rings. The fourth-order valence-corrected chi connectivity index (χ4v) is 2.59. The van der Waals surface area contributed by atoms with Gasteiger partial charge in [0.25, 0.3) is 11.5 Å². The highest BCUT2D eigenvalue weighted by Crippen LogP contribution is 2.27. The molecule has 0 bridgehead atoms. The summed E-state index contributed by atoms with van der Waals surface area (Å²) in [6.07, 6.45) is 2.30. The van der Waals surface area contributed by atoms with Crippen LogP contribution >= 0.6 is 0 Å². The Balaban J connectivity index is 1.91. The molecule has 3 heterocycles. The molecule has 1 aliphatic rings. The third kappa shape index (κ3) is 2.69. The maximum absolute atomic E-state index is 12.7. The van der Waals surface area contributed by atoms with Crippen LogP contribution in [0.1, 0.15) is 34.8 Å². The van der Waals surface area contributed by atoms with E-state index >= 15 is 0 Å². The first-order valence-corrected chi connectivity index (χ1v) is 7.35. The zero-order chi connectivity index (χ0) is 15.5. The van der Waals surface area contributed by atoms with Crippen LogP contribution in [0.25, 0.3) is 0 Å². The first-order valence-electron chi connectivity index (χ1n) is 7.35. The quantitative estimate of drug-likeness (QED) is 0.937. The average Bonchev–Trinajstić information content (AvgIpc) is 3.04. The van der Waals surface area contributed by atoms with E-state index in [1.807, 2.05) is 19.1 Å². The van der Waals surface area contributed by atoms with E-state index in [0.717, 1.165) is 12.2 Å². The third-order valence-electron chi connectivity index (χ3n) is 3.80. The Hall–Kier alpha value is -2.34. The van der Waals surface area contributed by atoms with E-state index in [-0.39, 0.29) is 23.1 Å². The summed E-state index contributed by atoms with van der Waals surface area (Å²) in [5.74, 6) is 1.26. The number of hydrogen-bond acceptors (Lipinski definition) is 4. The Bertz CT molecular complexity index is 719. The summed E-state index contributed by atoms with van der Waals surface area (Å²) in [7, 11) is 0. The van der Waals surface area contributed by atoms with Crippen LogP contribution in [0.5, 0.6) is 0 Å². The number of amides is 1. The van der Waals surface area contributed by atoms with E-state index in [0.29, 0.717) is 25.5 Å². The number of aryl methyl sites for hydroxylation is 1. The van der Waals surface area contributed by atoms with E-state index < -0.39 is 0 Å². The smallest absolute Gasteiger partial charge is 0.260 e. The number of carbonyl (C=O) groups is 1. The Labute approximate surface area is 127 Å². The first-order chi connectivity index (χ1) is 10.7. The van der Waals surface area contributed by atoms with Gasteiger partial charge in [-0.15, -0.1) is 0 Å². The molecule has 0 saturated carbocycles. The van der Waals surface area contributed by atoms with Crippen LogP contribution in [-0.4, -0.2) is 35.5 Å². The third-order valence-corrected chi connectivity index (χ3v) is 3.80. The van der Waals surface area contributed by atoms with E-state index in [1.54, 1.807) is 11.0 Å². The second-order valence-electron chi connectivity index (χ2n) is 5.16. The second kappa shape index (κ2) is 6.19. The minimum absolute atomic E-state index is 0.136. The zero-order valence-electron chi connectivity index (χ0n) is 12.4. The highest BCUT2D eigenvalue weighted by atomic mass is 16.5. The highest BCUT2D eigenvalue weighted by molar-refractivity contribution is 5.94. The number of morpholine rings is 1. The van der Waals surface area contributed by atoms with Crippen LogP contribution < -0.4 is 5.56 Å². The molecule has 2 aromatic heterocycles. The lowest BCUT2D eigenvalue weighted by Crippen LogP contribution is -2.44. The van der Waals surface area contributed by atoms with Gasteiger partial charge in [-0.2, -0.15) is 0 Å². The monoisotopic (exact) mass is 302 g/mol. The Kier molecular flexibility index (Phi) is 4.11. The molecular formula is C16H18N2O4. The molecule has 6 heteroatoms. The topological polar surface area (TPSA) is 75.5 Å². The summed E-state index contributed by atoms with van der Waals surface area (Å²) in [6, 6.07) is 6.65. The summed E-state index contributed by atoms with van der Waals surface area (Å²) < 4.78 is 11.2. The van der Waals surface area contributed by atoms with Crippen LogP contribution in [-0.2, 0) is 11.2 Å². The summed E-state index contributed by atoms with van der Waals surface area (Å²) in [5, 5.41) is 0. The lowest BCUT2D eigenvalue weighted by molar-refractivity contribution is -0.00910. The van der Waals surface area contributed by atoms with Gasteiger partial charge >= 0.3 is 0 Å². The Morgan fingerprint density at radius 2 is 2.27 bits per heavy atom. The first kappa shape index (κ1) is 14.6. The molecule has 1 N–H and O–H groups in total. The standard InChI is InChI=1S/C16H18N2O4/c1-2-11-5-6-14(22-11)13-10-21-9-8-18(13)16(20)12-4-3-7-17-15(12)19/h3-7,13H,2,8-10H2,1H3,(H,17,19). The molecule has 0 aliphatic carbocycles. The maximum Gasteiger partial charge on any atom is 0.260 e. The molecule has 22 heavy (non-hydrogen) atoms. The second-order valence-corrected chi connectivity index (χ2v) is 5.16. The van der Waals surface area contributed by atoms with Crippen molar-refractivity contribution in [2.75, 3.05) is 19.8 Å². The number of ether oxygens (including phenoxy) is 1. The number of nitrogens with zero attached hydrogens (tertiary/aromatic N) is 1. The van der Waals surface area contributed by atoms with E-state index in [2.05, 4.69) is 4.98 Å². The predicted molar refractivity (Wildman–Crippen MR) is 79.7 cm³/mol. The number of aromatic nitrogens is 1. The minimum atomic E-state index is -0.383.